The molecule has 0 radical (unpaired) electrons. The van der Waals surface area contributed by atoms with Gasteiger partial charge in [0.05, 0.1) is 21.4 Å². The second kappa shape index (κ2) is 15.0. The van der Waals surface area contributed by atoms with Gasteiger partial charge in [-0.15, -0.1) is 24.8 Å². The van der Waals surface area contributed by atoms with Crippen LogP contribution in [0.5, 0.6) is 0 Å². The van der Waals surface area contributed by atoms with Gasteiger partial charge in [0.25, 0.3) is 5.91 Å². The number of halogens is 4. The van der Waals surface area contributed by atoms with Gasteiger partial charge in [0.1, 0.15) is 11.5 Å². The second-order valence-electron chi connectivity index (χ2n) is 9.39. The van der Waals surface area contributed by atoms with Crippen LogP contribution < -0.4 is 10.2 Å². The maximum atomic E-state index is 13.0. The lowest BCUT2D eigenvalue weighted by atomic mass is 10.2. The molecule has 0 saturated carbocycles. The van der Waals surface area contributed by atoms with Crippen LogP contribution in [0.3, 0.4) is 0 Å². The third kappa shape index (κ3) is 7.57. The summed E-state index contributed by atoms with van der Waals surface area (Å²) in [6.07, 6.45) is 2.69. The van der Waals surface area contributed by atoms with Gasteiger partial charge in [-0.1, -0.05) is 53.9 Å². The molecule has 2 aromatic carbocycles. The molecule has 2 heterocycles. The maximum Gasteiger partial charge on any atom is 0.271 e. The van der Waals surface area contributed by atoms with E-state index in [9.17, 15) is 4.79 Å². The first-order chi connectivity index (χ1) is 17.4. The third-order valence-corrected chi connectivity index (χ3v) is 7.55. The van der Waals surface area contributed by atoms with Crippen LogP contribution in [0.2, 0.25) is 10.0 Å². The first kappa shape index (κ1) is 32.3. The first-order valence-corrected chi connectivity index (χ1v) is 13.5. The second-order valence-corrected chi connectivity index (χ2v) is 10.2. The number of carbonyl (C=O) groups excluding carboxylic acids is 1. The minimum Gasteiger partial charge on any atom is -0.368 e. The van der Waals surface area contributed by atoms with Crippen molar-refractivity contribution >= 4 is 59.6 Å². The van der Waals surface area contributed by atoms with Crippen molar-refractivity contribution in [2.45, 2.75) is 40.0 Å². The molecule has 1 amide bonds. The number of carbonyl (C=O) groups is 1. The Balaban J connectivity index is 0.00000253. The van der Waals surface area contributed by atoms with Gasteiger partial charge in [0.15, 0.2) is 0 Å². The molecule has 38 heavy (non-hydrogen) atoms. The molecular formula is C28H37Cl4N5O. The monoisotopic (exact) mass is 599 g/mol. The number of nitrogens with one attached hydrogen (secondary N) is 1. The highest BCUT2D eigenvalue weighted by Gasteiger charge is 2.21. The molecule has 4 rings (SSSR count). The Labute approximate surface area is 248 Å². The van der Waals surface area contributed by atoms with Crippen LogP contribution in [-0.2, 0) is 6.42 Å². The topological polar surface area (TPSA) is 53.4 Å². The third-order valence-electron chi connectivity index (χ3n) is 6.74. The molecule has 1 N–H and O–H groups in total. The number of nitrogens with zero attached hydrogens (tertiary/aromatic N) is 4. The number of amides is 1. The molecule has 0 spiro atoms. The van der Waals surface area contributed by atoms with Gasteiger partial charge in [0.2, 0.25) is 0 Å². The van der Waals surface area contributed by atoms with Crippen LogP contribution >= 0.6 is 48.0 Å². The quantitative estimate of drug-likeness (QED) is 0.284. The number of aromatic nitrogens is 2. The highest BCUT2D eigenvalue weighted by atomic mass is 35.5. The Bertz CT molecular complexity index is 1190. The highest BCUT2D eigenvalue weighted by Crippen LogP contribution is 2.32. The summed E-state index contributed by atoms with van der Waals surface area (Å²) in [5.74, 6) is 0.831. The molecular weight excluding hydrogens is 564 g/mol. The minimum absolute atomic E-state index is 0. The molecule has 6 nitrogen and oxygen atoms in total. The summed E-state index contributed by atoms with van der Waals surface area (Å²) in [6, 6.07) is 14.1. The van der Waals surface area contributed by atoms with Crippen LogP contribution in [0.1, 0.15) is 47.3 Å². The molecule has 0 unspecified atom stereocenters. The first-order valence-electron chi connectivity index (χ1n) is 12.7. The molecule has 10 heteroatoms. The van der Waals surface area contributed by atoms with Crippen molar-refractivity contribution in [1.29, 1.82) is 0 Å². The number of imidazole rings is 1. The van der Waals surface area contributed by atoms with Crippen molar-refractivity contribution in [2.75, 3.05) is 44.2 Å². The molecule has 1 saturated heterocycles. The summed E-state index contributed by atoms with van der Waals surface area (Å²) < 4.78 is 2.11. The summed E-state index contributed by atoms with van der Waals surface area (Å²) >= 11 is 12.6. The Morgan fingerprint density at radius 2 is 1.68 bits per heavy atom. The minimum atomic E-state index is -0.101. The Morgan fingerprint density at radius 1 is 1.00 bits per heavy atom. The van der Waals surface area contributed by atoms with E-state index in [1.165, 1.54) is 5.56 Å². The molecule has 0 atom stereocenters. The van der Waals surface area contributed by atoms with Crippen LogP contribution in [0.15, 0.2) is 42.5 Å². The van der Waals surface area contributed by atoms with Gasteiger partial charge in [0, 0.05) is 44.8 Å². The number of benzene rings is 2. The van der Waals surface area contributed by atoms with E-state index in [-0.39, 0.29) is 30.7 Å². The van der Waals surface area contributed by atoms with Crippen LogP contribution in [0, 0.1) is 13.8 Å². The van der Waals surface area contributed by atoms with E-state index < -0.39 is 0 Å². The number of piperazine rings is 1. The number of aryl methyl sites for hydroxylation is 2. The predicted molar refractivity (Wildman–Crippen MR) is 164 cm³/mol. The lowest BCUT2D eigenvalue weighted by Crippen LogP contribution is -2.47. The predicted octanol–water partition coefficient (Wildman–Crippen LogP) is 6.53. The van der Waals surface area contributed by atoms with Crippen molar-refractivity contribution < 1.29 is 4.79 Å². The van der Waals surface area contributed by atoms with Gasteiger partial charge in [-0.2, -0.15) is 0 Å². The fraction of sp³-hybridized carbons (Fsp3) is 0.429. The van der Waals surface area contributed by atoms with Crippen molar-refractivity contribution in [1.82, 2.24) is 19.8 Å². The molecule has 208 valence electrons. The van der Waals surface area contributed by atoms with Gasteiger partial charge in [-0.05, 0) is 57.5 Å². The molecule has 0 bridgehead atoms. The van der Waals surface area contributed by atoms with Gasteiger partial charge in [-0.3, -0.25) is 9.69 Å². The summed E-state index contributed by atoms with van der Waals surface area (Å²) in [4.78, 5) is 22.4. The normalized spacial score (nSPS) is 13.6. The van der Waals surface area contributed by atoms with E-state index in [1.54, 1.807) is 0 Å². The molecule has 3 aromatic rings. The lowest BCUT2D eigenvalue weighted by Gasteiger charge is -2.36. The summed E-state index contributed by atoms with van der Waals surface area (Å²) in [7, 11) is 0. The zero-order chi connectivity index (χ0) is 25.7. The average Bonchev–Trinajstić information content (AvgIpc) is 3.20. The molecule has 1 aliphatic rings. The van der Waals surface area contributed by atoms with Gasteiger partial charge < -0.3 is 14.8 Å². The fourth-order valence-electron chi connectivity index (χ4n) is 4.74. The van der Waals surface area contributed by atoms with Crippen molar-refractivity contribution in [3.05, 3.63) is 75.3 Å². The zero-order valence-corrected chi connectivity index (χ0v) is 25.3. The molecule has 1 aliphatic heterocycles. The largest absolute Gasteiger partial charge is 0.368 e. The summed E-state index contributed by atoms with van der Waals surface area (Å²) in [5.41, 5.74) is 4.66. The van der Waals surface area contributed by atoms with E-state index >= 15 is 0 Å². The van der Waals surface area contributed by atoms with Gasteiger partial charge >= 0.3 is 0 Å². The Hall–Kier alpha value is -1.96. The van der Waals surface area contributed by atoms with Crippen LogP contribution in [-0.4, -0.2) is 59.6 Å². The lowest BCUT2D eigenvalue weighted by molar-refractivity contribution is 0.0946. The smallest absolute Gasteiger partial charge is 0.271 e. The van der Waals surface area contributed by atoms with E-state index in [0.717, 1.165) is 74.9 Å². The number of hydrogen-bond donors (Lipinski definition) is 1. The molecule has 1 aromatic heterocycles. The Kier molecular flexibility index (Phi) is 12.7. The van der Waals surface area contributed by atoms with Crippen LogP contribution in [0.25, 0.3) is 5.69 Å². The summed E-state index contributed by atoms with van der Waals surface area (Å²) in [5, 5.41) is 4.30. The molecule has 1 fully saturated rings. The number of anilines is 1. The van der Waals surface area contributed by atoms with Gasteiger partial charge in [-0.25, -0.2) is 4.98 Å². The average molecular weight is 601 g/mol. The standard InChI is InChI=1S/C28H35Cl2N5O.2ClH/c1-4-7-25-32-27(21(3)35(25)22-12-10-20(2)11-13-22)28(36)31-14-6-15-33-16-18-34(19-17-33)24-9-5-8-23(29)26(24)30;;/h5,8-13H,4,6-7,14-19H2,1-3H3,(H,31,36);2*1H. The maximum absolute atomic E-state index is 13.0. The van der Waals surface area contributed by atoms with E-state index in [1.807, 2.05) is 25.1 Å². The zero-order valence-electron chi connectivity index (χ0n) is 22.2. The van der Waals surface area contributed by atoms with E-state index in [0.29, 0.717) is 22.3 Å². The SMILES string of the molecule is CCCc1nc(C(=O)NCCCN2CCN(c3cccc(Cl)c3Cl)CC2)c(C)n1-c1ccc(C)cc1.Cl.Cl. The van der Waals surface area contributed by atoms with Crippen LogP contribution in [0.4, 0.5) is 5.69 Å². The summed E-state index contributed by atoms with van der Waals surface area (Å²) in [6.45, 7) is 11.5. The Morgan fingerprint density at radius 3 is 2.34 bits per heavy atom. The number of rotatable bonds is 9. The molecule has 0 aliphatic carbocycles. The number of hydrogen-bond acceptors (Lipinski definition) is 4. The van der Waals surface area contributed by atoms with E-state index in [4.69, 9.17) is 28.2 Å². The van der Waals surface area contributed by atoms with Crippen molar-refractivity contribution in [3.8, 4) is 5.69 Å². The van der Waals surface area contributed by atoms with E-state index in [2.05, 4.69) is 57.8 Å². The van der Waals surface area contributed by atoms with Crippen molar-refractivity contribution in [3.63, 3.8) is 0 Å². The van der Waals surface area contributed by atoms with Crippen molar-refractivity contribution in [2.24, 2.45) is 0 Å². The fourth-order valence-corrected chi connectivity index (χ4v) is 5.15. The highest BCUT2D eigenvalue weighted by molar-refractivity contribution is 6.43.